The average Bonchev–Trinajstić information content (AvgIpc) is 3.12. The molecule has 0 saturated carbocycles. The molecule has 152 valence electrons. The molecule has 29 heavy (non-hydrogen) atoms. The van der Waals surface area contributed by atoms with Gasteiger partial charge in [-0.1, -0.05) is 24.3 Å². The molecule has 2 amide bonds. The number of nitrogens with one attached hydrogen (secondary N) is 2. The maximum atomic E-state index is 12.2. The van der Waals surface area contributed by atoms with Gasteiger partial charge in [-0.05, 0) is 35.7 Å². The zero-order valence-electron chi connectivity index (χ0n) is 16.7. The van der Waals surface area contributed by atoms with Crippen molar-refractivity contribution in [3.05, 3.63) is 53.1 Å². The Morgan fingerprint density at radius 1 is 1.14 bits per heavy atom. The van der Waals surface area contributed by atoms with Crippen LogP contribution in [0.3, 0.4) is 0 Å². The van der Waals surface area contributed by atoms with Crippen molar-refractivity contribution < 1.29 is 23.9 Å². The van der Waals surface area contributed by atoms with Gasteiger partial charge in [0.25, 0.3) is 0 Å². The third-order valence-corrected chi connectivity index (χ3v) is 4.69. The summed E-state index contributed by atoms with van der Waals surface area (Å²) < 4.78 is 11.1. The highest BCUT2D eigenvalue weighted by Crippen LogP contribution is 2.41. The summed E-state index contributed by atoms with van der Waals surface area (Å²) in [7, 11) is 1.36. The smallest absolute Gasteiger partial charge is 0.338 e. The van der Waals surface area contributed by atoms with Gasteiger partial charge in [0.15, 0.2) is 0 Å². The van der Waals surface area contributed by atoms with Gasteiger partial charge in [0, 0.05) is 18.9 Å². The van der Waals surface area contributed by atoms with E-state index in [-0.39, 0.29) is 24.5 Å². The SMILES string of the molecule is COC(=O)c1ccccc1-c1cc(C)cc2c1O[C@@H](CNC(=O)CNC(C)=O)C2. The predicted octanol–water partition coefficient (Wildman–Crippen LogP) is 2.00. The van der Waals surface area contributed by atoms with Crippen LogP contribution >= 0.6 is 0 Å². The summed E-state index contributed by atoms with van der Waals surface area (Å²) in [5.41, 5.74) is 4.12. The molecule has 0 fully saturated rings. The molecule has 0 bridgehead atoms. The van der Waals surface area contributed by atoms with Gasteiger partial charge in [0.2, 0.25) is 11.8 Å². The Labute approximate surface area is 169 Å². The number of esters is 1. The van der Waals surface area contributed by atoms with Crippen molar-refractivity contribution in [3.8, 4) is 16.9 Å². The molecule has 1 aliphatic heterocycles. The summed E-state index contributed by atoms with van der Waals surface area (Å²) in [6, 6.07) is 11.3. The van der Waals surface area contributed by atoms with Crippen LogP contribution in [-0.4, -0.2) is 44.1 Å². The largest absolute Gasteiger partial charge is 0.487 e. The highest BCUT2D eigenvalue weighted by molar-refractivity contribution is 5.98. The minimum absolute atomic E-state index is 0.0636. The van der Waals surface area contributed by atoms with E-state index >= 15 is 0 Å². The third kappa shape index (κ3) is 4.74. The van der Waals surface area contributed by atoms with E-state index in [1.165, 1.54) is 14.0 Å². The quantitative estimate of drug-likeness (QED) is 0.729. The van der Waals surface area contributed by atoms with Crippen LogP contribution in [-0.2, 0) is 20.7 Å². The lowest BCUT2D eigenvalue weighted by Crippen LogP contribution is -2.40. The van der Waals surface area contributed by atoms with Gasteiger partial charge < -0.3 is 20.1 Å². The highest BCUT2D eigenvalue weighted by atomic mass is 16.5. The molecule has 7 nitrogen and oxygen atoms in total. The summed E-state index contributed by atoms with van der Waals surface area (Å²) >= 11 is 0. The molecule has 0 saturated heterocycles. The van der Waals surface area contributed by atoms with Crippen molar-refractivity contribution in [1.82, 2.24) is 10.6 Å². The van der Waals surface area contributed by atoms with Crippen LogP contribution < -0.4 is 15.4 Å². The van der Waals surface area contributed by atoms with Crippen molar-refractivity contribution >= 4 is 17.8 Å². The van der Waals surface area contributed by atoms with Crippen molar-refractivity contribution in [3.63, 3.8) is 0 Å². The number of hydrogen-bond acceptors (Lipinski definition) is 5. The third-order valence-electron chi connectivity index (χ3n) is 4.69. The standard InChI is InChI=1S/C22H24N2O5/c1-13-8-15-10-16(11-24-20(26)12-23-14(2)25)29-21(15)19(9-13)17-6-4-5-7-18(17)22(27)28-3/h4-9,16H,10-12H2,1-3H3,(H,23,25)(H,24,26)/t16-/m1/s1. The lowest BCUT2D eigenvalue weighted by Gasteiger charge is -2.15. The Hall–Kier alpha value is -3.35. The monoisotopic (exact) mass is 396 g/mol. The second-order valence-electron chi connectivity index (χ2n) is 7.00. The Morgan fingerprint density at radius 2 is 1.90 bits per heavy atom. The first-order valence-electron chi connectivity index (χ1n) is 9.38. The van der Waals surface area contributed by atoms with Crippen LogP contribution in [0.5, 0.6) is 5.75 Å². The van der Waals surface area contributed by atoms with Crippen LogP contribution in [0.1, 0.15) is 28.4 Å². The van der Waals surface area contributed by atoms with Crippen molar-refractivity contribution in [2.75, 3.05) is 20.2 Å². The van der Waals surface area contributed by atoms with Crippen molar-refractivity contribution in [2.45, 2.75) is 26.4 Å². The van der Waals surface area contributed by atoms with E-state index < -0.39 is 5.97 Å². The van der Waals surface area contributed by atoms with E-state index in [0.29, 0.717) is 24.3 Å². The maximum absolute atomic E-state index is 12.2. The minimum Gasteiger partial charge on any atom is -0.487 e. The summed E-state index contributed by atoms with van der Waals surface area (Å²) in [5, 5.41) is 5.24. The molecule has 2 N–H and O–H groups in total. The number of carbonyl (C=O) groups excluding carboxylic acids is 3. The molecule has 0 radical (unpaired) electrons. The second kappa shape index (κ2) is 8.77. The number of hydrogen-bond donors (Lipinski definition) is 2. The van der Waals surface area contributed by atoms with Gasteiger partial charge in [0.1, 0.15) is 11.9 Å². The number of carbonyl (C=O) groups is 3. The van der Waals surface area contributed by atoms with E-state index in [2.05, 4.69) is 16.7 Å². The van der Waals surface area contributed by atoms with Gasteiger partial charge in [-0.2, -0.15) is 0 Å². The van der Waals surface area contributed by atoms with Gasteiger partial charge >= 0.3 is 5.97 Å². The molecular formula is C22H24N2O5. The van der Waals surface area contributed by atoms with Gasteiger partial charge in [-0.15, -0.1) is 0 Å². The highest BCUT2D eigenvalue weighted by Gasteiger charge is 2.28. The number of benzene rings is 2. The topological polar surface area (TPSA) is 93.7 Å². The molecule has 0 spiro atoms. The summed E-state index contributed by atoms with van der Waals surface area (Å²) in [6.45, 7) is 3.61. The van der Waals surface area contributed by atoms with Gasteiger partial charge in [0.05, 0.1) is 25.8 Å². The molecule has 3 rings (SSSR count). The fourth-order valence-corrected chi connectivity index (χ4v) is 3.41. The normalized spacial score (nSPS) is 14.5. The van der Waals surface area contributed by atoms with Gasteiger partial charge in [-0.25, -0.2) is 4.79 Å². The van der Waals surface area contributed by atoms with Crippen LogP contribution in [0.15, 0.2) is 36.4 Å². The van der Waals surface area contributed by atoms with Crippen molar-refractivity contribution in [2.24, 2.45) is 0 Å². The summed E-state index contributed by atoms with van der Waals surface area (Å²) in [4.78, 5) is 35.0. The minimum atomic E-state index is -0.407. The summed E-state index contributed by atoms with van der Waals surface area (Å²) in [5.74, 6) is -0.218. The number of ether oxygens (including phenoxy) is 2. The average molecular weight is 396 g/mol. The first-order valence-corrected chi connectivity index (χ1v) is 9.38. The fraction of sp³-hybridized carbons (Fsp3) is 0.318. The Morgan fingerprint density at radius 3 is 2.62 bits per heavy atom. The lowest BCUT2D eigenvalue weighted by atomic mass is 9.94. The molecule has 1 aliphatic rings. The number of methoxy groups -OCH3 is 1. The van der Waals surface area contributed by atoms with Crippen molar-refractivity contribution in [1.29, 1.82) is 0 Å². The fourth-order valence-electron chi connectivity index (χ4n) is 3.41. The predicted molar refractivity (Wildman–Crippen MR) is 108 cm³/mol. The Kier molecular flexibility index (Phi) is 6.16. The molecular weight excluding hydrogens is 372 g/mol. The molecule has 2 aromatic rings. The maximum Gasteiger partial charge on any atom is 0.338 e. The molecule has 0 aromatic heterocycles. The Bertz CT molecular complexity index is 954. The molecule has 1 heterocycles. The summed E-state index contributed by atoms with van der Waals surface area (Å²) in [6.07, 6.45) is 0.419. The zero-order valence-corrected chi connectivity index (χ0v) is 16.7. The van der Waals surface area contributed by atoms with Crippen LogP contribution in [0.4, 0.5) is 0 Å². The number of rotatable bonds is 6. The van der Waals surface area contributed by atoms with E-state index in [1.54, 1.807) is 12.1 Å². The number of fused-ring (bicyclic) bond motifs is 1. The van der Waals surface area contributed by atoms with E-state index in [4.69, 9.17) is 9.47 Å². The number of aryl methyl sites for hydroxylation is 1. The van der Waals surface area contributed by atoms with Crippen LogP contribution in [0.2, 0.25) is 0 Å². The molecule has 2 aromatic carbocycles. The first-order chi connectivity index (χ1) is 13.9. The molecule has 1 atom stereocenters. The van der Waals surface area contributed by atoms with E-state index in [0.717, 1.165) is 22.3 Å². The van der Waals surface area contributed by atoms with Gasteiger partial charge in [-0.3, -0.25) is 9.59 Å². The number of amides is 2. The zero-order chi connectivity index (χ0) is 21.0. The lowest BCUT2D eigenvalue weighted by molar-refractivity contribution is -0.125. The molecule has 0 aliphatic carbocycles. The molecule has 0 unspecified atom stereocenters. The molecule has 7 heteroatoms. The Balaban J connectivity index is 1.81. The second-order valence-corrected chi connectivity index (χ2v) is 7.00. The van der Waals surface area contributed by atoms with Crippen LogP contribution in [0.25, 0.3) is 11.1 Å². The van der Waals surface area contributed by atoms with Crippen LogP contribution in [0, 0.1) is 6.92 Å². The van der Waals surface area contributed by atoms with E-state index in [1.807, 2.05) is 25.1 Å². The first kappa shape index (κ1) is 20.4. The van der Waals surface area contributed by atoms with E-state index in [9.17, 15) is 14.4 Å².